The van der Waals surface area contributed by atoms with E-state index < -0.39 is 0 Å². The molecule has 0 fully saturated rings. The summed E-state index contributed by atoms with van der Waals surface area (Å²) in [6.07, 6.45) is 6.64. The van der Waals surface area contributed by atoms with Gasteiger partial charge in [-0.2, -0.15) is 0 Å². The van der Waals surface area contributed by atoms with Gasteiger partial charge in [-0.3, -0.25) is 4.99 Å². The molecule has 2 aromatic rings. The second-order valence-corrected chi connectivity index (χ2v) is 5.40. The number of aryl methyl sites for hydroxylation is 1. The second-order valence-electron chi connectivity index (χ2n) is 5.40. The lowest BCUT2D eigenvalue weighted by Crippen LogP contribution is -2.03. The number of amidine groups is 1. The molecule has 0 aromatic heterocycles. The SMILES string of the molecule is C1=NC(c2ccccc2)=NC1CCCCc1ccccc1. The summed E-state index contributed by atoms with van der Waals surface area (Å²) < 4.78 is 0. The molecule has 1 heterocycles. The Morgan fingerprint density at radius 2 is 1.52 bits per heavy atom. The molecule has 2 aromatic carbocycles. The van der Waals surface area contributed by atoms with E-state index in [2.05, 4.69) is 47.5 Å². The molecule has 0 amide bonds. The predicted octanol–water partition coefficient (Wildman–Crippen LogP) is 4.30. The monoisotopic (exact) mass is 276 g/mol. The number of unbranched alkanes of at least 4 members (excludes halogenated alkanes) is 1. The van der Waals surface area contributed by atoms with Gasteiger partial charge in [0.05, 0.1) is 6.04 Å². The van der Waals surface area contributed by atoms with Crippen LogP contribution in [0.15, 0.2) is 70.6 Å². The van der Waals surface area contributed by atoms with Crippen molar-refractivity contribution in [2.45, 2.75) is 31.7 Å². The van der Waals surface area contributed by atoms with Crippen LogP contribution in [0.1, 0.15) is 30.4 Å². The topological polar surface area (TPSA) is 24.7 Å². The highest BCUT2D eigenvalue weighted by Gasteiger charge is 2.13. The van der Waals surface area contributed by atoms with Gasteiger partial charge in [-0.05, 0) is 24.8 Å². The third kappa shape index (κ3) is 3.88. The average molecular weight is 276 g/mol. The van der Waals surface area contributed by atoms with E-state index in [-0.39, 0.29) is 6.04 Å². The molecular weight excluding hydrogens is 256 g/mol. The van der Waals surface area contributed by atoms with Gasteiger partial charge in [-0.1, -0.05) is 67.1 Å². The first kappa shape index (κ1) is 13.7. The van der Waals surface area contributed by atoms with Gasteiger partial charge in [0.2, 0.25) is 0 Å². The molecule has 0 spiro atoms. The minimum absolute atomic E-state index is 0.260. The van der Waals surface area contributed by atoms with Crippen LogP contribution in [0, 0.1) is 0 Å². The lowest BCUT2D eigenvalue weighted by atomic mass is 10.1. The molecule has 1 aliphatic rings. The van der Waals surface area contributed by atoms with Gasteiger partial charge < -0.3 is 0 Å². The number of hydrogen-bond donors (Lipinski definition) is 0. The van der Waals surface area contributed by atoms with Crippen LogP contribution in [0.3, 0.4) is 0 Å². The summed E-state index contributed by atoms with van der Waals surface area (Å²) in [7, 11) is 0. The number of benzene rings is 2. The first-order valence-electron chi connectivity index (χ1n) is 7.63. The molecule has 0 saturated heterocycles. The van der Waals surface area contributed by atoms with Crippen molar-refractivity contribution in [2.24, 2.45) is 9.98 Å². The van der Waals surface area contributed by atoms with E-state index in [0.29, 0.717) is 0 Å². The number of rotatable bonds is 6. The highest BCUT2D eigenvalue weighted by atomic mass is 15.0. The van der Waals surface area contributed by atoms with E-state index >= 15 is 0 Å². The maximum Gasteiger partial charge on any atom is 0.154 e. The lowest BCUT2D eigenvalue weighted by molar-refractivity contribution is 0.657. The van der Waals surface area contributed by atoms with Crippen molar-refractivity contribution in [1.82, 2.24) is 0 Å². The molecule has 106 valence electrons. The van der Waals surface area contributed by atoms with Gasteiger partial charge >= 0.3 is 0 Å². The first-order valence-corrected chi connectivity index (χ1v) is 7.63. The average Bonchev–Trinajstić information content (AvgIpc) is 3.02. The Kier molecular flexibility index (Phi) is 4.57. The molecule has 2 nitrogen and oxygen atoms in total. The first-order chi connectivity index (χ1) is 10.4. The smallest absolute Gasteiger partial charge is 0.154 e. The summed E-state index contributed by atoms with van der Waals surface area (Å²) in [4.78, 5) is 9.15. The Hall–Kier alpha value is -2.22. The Morgan fingerprint density at radius 1 is 0.810 bits per heavy atom. The molecule has 0 saturated carbocycles. The standard InChI is InChI=1S/C19H20N2/c1-3-9-16(10-4-1)11-7-8-14-18-15-20-19(21-18)17-12-5-2-6-13-17/h1-6,9-10,12-13,15,18H,7-8,11,14H2. The number of aliphatic imine (C=N–C) groups is 2. The van der Waals surface area contributed by atoms with Crippen LogP contribution in [-0.4, -0.2) is 18.1 Å². The van der Waals surface area contributed by atoms with Crippen molar-refractivity contribution >= 4 is 12.1 Å². The van der Waals surface area contributed by atoms with Crippen molar-refractivity contribution in [1.29, 1.82) is 0 Å². The Morgan fingerprint density at radius 3 is 2.29 bits per heavy atom. The van der Waals surface area contributed by atoms with Crippen LogP contribution in [0.25, 0.3) is 0 Å². The zero-order valence-electron chi connectivity index (χ0n) is 12.2. The van der Waals surface area contributed by atoms with E-state index in [9.17, 15) is 0 Å². The molecule has 0 radical (unpaired) electrons. The molecule has 1 atom stereocenters. The number of hydrogen-bond acceptors (Lipinski definition) is 2. The summed E-state index contributed by atoms with van der Waals surface area (Å²) in [5, 5.41) is 0. The van der Waals surface area contributed by atoms with E-state index in [1.807, 2.05) is 24.4 Å². The molecule has 1 unspecified atom stereocenters. The summed E-state index contributed by atoms with van der Waals surface area (Å²) in [5.74, 6) is 0.878. The van der Waals surface area contributed by atoms with Crippen molar-refractivity contribution in [3.05, 3.63) is 71.8 Å². The quantitative estimate of drug-likeness (QED) is 0.703. The Balaban J connectivity index is 1.45. The molecule has 0 N–H and O–H groups in total. The molecule has 21 heavy (non-hydrogen) atoms. The molecule has 2 heteroatoms. The van der Waals surface area contributed by atoms with Gasteiger partial charge in [-0.15, -0.1) is 0 Å². The van der Waals surface area contributed by atoms with Crippen LogP contribution in [0.4, 0.5) is 0 Å². The van der Waals surface area contributed by atoms with Crippen LogP contribution in [-0.2, 0) is 6.42 Å². The van der Waals surface area contributed by atoms with Crippen LogP contribution >= 0.6 is 0 Å². The van der Waals surface area contributed by atoms with Gasteiger partial charge in [0.1, 0.15) is 0 Å². The minimum Gasteiger partial charge on any atom is -0.257 e. The van der Waals surface area contributed by atoms with E-state index in [1.165, 1.54) is 18.4 Å². The molecule has 0 bridgehead atoms. The predicted molar refractivity (Wildman–Crippen MR) is 89.3 cm³/mol. The fraction of sp³-hybridized carbons (Fsp3) is 0.263. The van der Waals surface area contributed by atoms with Crippen molar-refractivity contribution in [3.63, 3.8) is 0 Å². The molecule has 3 rings (SSSR count). The molecular formula is C19H20N2. The zero-order valence-corrected chi connectivity index (χ0v) is 12.2. The normalized spacial score (nSPS) is 17.0. The summed E-state index contributed by atoms with van der Waals surface area (Å²) >= 11 is 0. The Labute approximate surface area is 126 Å². The van der Waals surface area contributed by atoms with Gasteiger partial charge in [0.25, 0.3) is 0 Å². The third-order valence-corrected chi connectivity index (χ3v) is 3.75. The van der Waals surface area contributed by atoms with E-state index in [0.717, 1.165) is 24.2 Å². The third-order valence-electron chi connectivity index (χ3n) is 3.75. The van der Waals surface area contributed by atoms with Crippen molar-refractivity contribution in [2.75, 3.05) is 0 Å². The van der Waals surface area contributed by atoms with Crippen LogP contribution in [0.5, 0.6) is 0 Å². The molecule has 1 aliphatic heterocycles. The summed E-state index contributed by atoms with van der Waals surface area (Å²) in [6.45, 7) is 0. The van der Waals surface area contributed by atoms with Gasteiger partial charge in [-0.25, -0.2) is 4.99 Å². The second kappa shape index (κ2) is 6.98. The maximum absolute atomic E-state index is 4.70. The lowest BCUT2D eigenvalue weighted by Gasteiger charge is -2.04. The zero-order chi connectivity index (χ0) is 14.3. The van der Waals surface area contributed by atoms with Gasteiger partial charge in [0.15, 0.2) is 5.84 Å². The minimum atomic E-state index is 0.260. The maximum atomic E-state index is 4.70. The highest BCUT2D eigenvalue weighted by molar-refractivity contribution is 6.07. The van der Waals surface area contributed by atoms with Gasteiger partial charge in [0, 0.05) is 11.8 Å². The number of nitrogens with zero attached hydrogens (tertiary/aromatic N) is 2. The highest BCUT2D eigenvalue weighted by Crippen LogP contribution is 2.14. The fourth-order valence-electron chi connectivity index (χ4n) is 2.58. The van der Waals surface area contributed by atoms with E-state index in [1.54, 1.807) is 0 Å². The Bertz CT molecular complexity index is 615. The van der Waals surface area contributed by atoms with Crippen molar-refractivity contribution < 1.29 is 0 Å². The fourth-order valence-corrected chi connectivity index (χ4v) is 2.58. The van der Waals surface area contributed by atoms with E-state index in [4.69, 9.17) is 4.99 Å². The van der Waals surface area contributed by atoms with Crippen molar-refractivity contribution in [3.8, 4) is 0 Å². The summed E-state index contributed by atoms with van der Waals surface area (Å²) in [6, 6.07) is 21.1. The van der Waals surface area contributed by atoms with Crippen LogP contribution < -0.4 is 0 Å². The largest absolute Gasteiger partial charge is 0.257 e. The summed E-state index contributed by atoms with van der Waals surface area (Å²) in [5.41, 5.74) is 2.53. The van der Waals surface area contributed by atoms with Crippen LogP contribution in [0.2, 0.25) is 0 Å². The molecule has 0 aliphatic carbocycles.